The molecule has 624 valence electrons. The van der Waals surface area contributed by atoms with E-state index in [4.69, 9.17) is 42.1 Å². The number of alkyl halides is 3. The number of benzene rings is 9. The molecule has 3 amide bonds. The number of halogens is 5. The fraction of sp³-hybridized carbons (Fsp3) is 0.360. The highest BCUT2D eigenvalue weighted by atomic mass is 35.5. The van der Waals surface area contributed by atoms with Crippen molar-refractivity contribution in [3.8, 4) is 5.75 Å². The lowest BCUT2D eigenvalue weighted by Crippen LogP contribution is -2.48. The van der Waals surface area contributed by atoms with Crippen LogP contribution in [0.15, 0.2) is 227 Å². The molecule has 6 atom stereocenters. The highest BCUT2D eigenvalue weighted by Gasteiger charge is 2.46. The molecule has 0 aromatic heterocycles. The Bertz CT molecular complexity index is 5540. The summed E-state index contributed by atoms with van der Waals surface area (Å²) >= 11 is 12.1. The monoisotopic (exact) mass is 1720 g/mol. The van der Waals surface area contributed by atoms with Crippen molar-refractivity contribution in [1.82, 2.24) is 27.6 Å². The number of fused-ring (bicyclic) bond motifs is 15. The van der Waals surface area contributed by atoms with Crippen molar-refractivity contribution in [2.45, 2.75) is 115 Å². The number of nitrogens with zero attached hydrogens (tertiary/aromatic N) is 9. The third-order valence-electron chi connectivity index (χ3n) is 24.5. The van der Waals surface area contributed by atoms with Crippen LogP contribution in [-0.4, -0.2) is 176 Å². The Morgan fingerprint density at radius 1 is 0.361 bits per heavy atom. The van der Waals surface area contributed by atoms with Crippen LogP contribution in [0.2, 0.25) is 10.0 Å². The van der Waals surface area contributed by atoms with Gasteiger partial charge in [-0.3, -0.25) is 0 Å². The minimum absolute atomic E-state index is 0.00350. The second kappa shape index (κ2) is 35.0. The zero-order valence-corrected chi connectivity index (χ0v) is 69.5. The number of ether oxygens (including phenoxy) is 4. The van der Waals surface area contributed by atoms with Crippen molar-refractivity contribution >= 4 is 88.6 Å². The van der Waals surface area contributed by atoms with Gasteiger partial charge in [-0.2, -0.15) is 26.1 Å². The quantitative estimate of drug-likeness (QED) is 0.0821. The van der Waals surface area contributed by atoms with E-state index in [-0.39, 0.29) is 84.0 Å². The van der Waals surface area contributed by atoms with Gasteiger partial charge in [0.2, 0.25) is 30.1 Å². The summed E-state index contributed by atoms with van der Waals surface area (Å²) in [5.41, 5.74) is 12.3. The Kier molecular flexibility index (Phi) is 24.4. The molecule has 6 saturated heterocycles. The number of hydrogen-bond acceptors (Lipinski definition) is 16. The maximum Gasteiger partial charge on any atom is 0.416 e. The lowest BCUT2D eigenvalue weighted by Gasteiger charge is -2.36. The molecule has 6 heterocycles. The Labute approximate surface area is 702 Å². The van der Waals surface area contributed by atoms with Crippen molar-refractivity contribution in [1.29, 1.82) is 0 Å². The lowest BCUT2D eigenvalue weighted by atomic mass is 9.96. The number of anilines is 3. The van der Waals surface area contributed by atoms with E-state index >= 15 is 0 Å². The van der Waals surface area contributed by atoms with E-state index in [0.717, 1.165) is 90.0 Å². The van der Waals surface area contributed by atoms with Gasteiger partial charge in [-0.25, -0.2) is 39.6 Å². The molecule has 30 heteroatoms. The summed E-state index contributed by atoms with van der Waals surface area (Å²) < 4.78 is 145. The van der Waals surface area contributed by atoms with Crippen LogP contribution in [0, 0.1) is 0 Å². The van der Waals surface area contributed by atoms with Gasteiger partial charge in [0.25, 0.3) is 0 Å². The SMILES string of the molecule is COc1ccc(S(=O)(=O)N2CCN(c3ccc4c(c3)C3CC4CCN3C(=O)OCc3ccccc3)CC2)cc1.O=C(OCc1ccccc1)N1CCC2CC1c1cc(N3CCN(S(=O)(=O)c4cc(Cl)cc(Cl)c4)CC3)ccc12.O=C(OCc1ccccc1)N1CCC2CC1c1cc(N3CCN(S(=O)(=O)c4cccc(C(F)(F)F)c4)CC3)ccc12. The van der Waals surface area contributed by atoms with Gasteiger partial charge in [-0.05, 0) is 203 Å². The molecule has 6 unspecified atom stereocenters. The van der Waals surface area contributed by atoms with Crippen molar-refractivity contribution in [3.63, 3.8) is 0 Å². The van der Waals surface area contributed by atoms with Gasteiger partial charge < -0.3 is 48.3 Å². The molecule has 119 heavy (non-hydrogen) atoms. The van der Waals surface area contributed by atoms with Crippen molar-refractivity contribution in [3.05, 3.63) is 278 Å². The van der Waals surface area contributed by atoms with Crippen LogP contribution in [0.5, 0.6) is 5.75 Å². The summed E-state index contributed by atoms with van der Waals surface area (Å²) in [6, 6.07) is 63.0. The largest absolute Gasteiger partial charge is 0.497 e. The second-order valence-electron chi connectivity index (χ2n) is 31.3. The first-order valence-corrected chi connectivity index (χ1v) is 45.3. The van der Waals surface area contributed by atoms with Crippen LogP contribution >= 0.6 is 23.2 Å². The van der Waals surface area contributed by atoms with Gasteiger partial charge in [0.05, 0.1) is 45.5 Å². The Hall–Kier alpha value is -9.91. The predicted octanol–water partition coefficient (Wildman–Crippen LogP) is 16.6. The van der Waals surface area contributed by atoms with Crippen LogP contribution in [0.25, 0.3) is 0 Å². The number of piperazine rings is 3. The zero-order valence-electron chi connectivity index (χ0n) is 65.6. The molecule has 0 spiro atoms. The number of carbonyl (C=O) groups is 3. The molecule has 6 bridgehead atoms. The average Bonchev–Trinajstić information content (AvgIpc) is 1.74. The van der Waals surface area contributed by atoms with Gasteiger partial charge >= 0.3 is 24.5 Å². The number of hydrogen-bond donors (Lipinski definition) is 0. The van der Waals surface area contributed by atoms with E-state index in [2.05, 4.69) is 63.2 Å². The molecule has 18 rings (SSSR count). The third kappa shape index (κ3) is 17.8. The van der Waals surface area contributed by atoms with E-state index in [1.807, 2.05) is 112 Å². The fourth-order valence-electron chi connectivity index (χ4n) is 18.2. The lowest BCUT2D eigenvalue weighted by molar-refractivity contribution is -0.137. The standard InChI is InChI=1S/C30H30F3N3O4S.C30H33N3O5S.C29H29Cl2N3O4S/c31-30(32,33)23-7-4-8-25(18-23)41(38,39)35-15-13-34(14-16-35)24-9-10-26-22-11-12-36(28(17-22)27(26)19-24)29(37)40-20-21-5-2-1-3-6-21;1-37-25-8-10-26(11-9-25)39(35,36)32-17-15-31(16-18-32)24-7-12-27-23-13-14-33(29(19-23)28(27)20-24)30(34)38-21-22-5-3-2-4-6-22;30-22-15-23(31)17-25(16-22)39(36,37)33-12-10-32(11-13-33)24-6-7-26-21-8-9-34(28(14-21)27(26)18-24)29(35)38-19-20-4-2-1-3-5-20/h1-10,18-19,22,28H,11-17,20H2;2-12,20,23,29H,13-19,21H2,1H3;1-7,15-18,21,28H,8-14,19H2. The first-order chi connectivity index (χ1) is 57.3. The summed E-state index contributed by atoms with van der Waals surface area (Å²) in [7, 11) is -9.77. The molecule has 6 aliphatic heterocycles. The normalized spacial score (nSPS) is 21.0. The molecule has 9 aromatic carbocycles. The minimum atomic E-state index is -4.62. The Morgan fingerprint density at radius 3 is 1.03 bits per heavy atom. The van der Waals surface area contributed by atoms with Gasteiger partial charge in [0.15, 0.2) is 0 Å². The fourth-order valence-corrected chi connectivity index (χ4v) is 23.3. The summed E-state index contributed by atoms with van der Waals surface area (Å²) in [4.78, 5) is 51.3. The predicted molar refractivity (Wildman–Crippen MR) is 447 cm³/mol. The van der Waals surface area contributed by atoms with Crippen LogP contribution in [0.4, 0.5) is 44.6 Å². The van der Waals surface area contributed by atoms with E-state index in [1.165, 1.54) is 60.7 Å². The van der Waals surface area contributed by atoms with Crippen LogP contribution < -0.4 is 19.4 Å². The summed E-state index contributed by atoms with van der Waals surface area (Å²) in [6.45, 7) is 7.68. The Balaban J connectivity index is 0.000000133. The van der Waals surface area contributed by atoms with E-state index in [0.29, 0.717) is 125 Å². The van der Waals surface area contributed by atoms with Gasteiger partial charge in [-0.1, -0.05) is 138 Å². The maximum atomic E-state index is 13.2. The highest BCUT2D eigenvalue weighted by Crippen LogP contribution is 2.53. The van der Waals surface area contributed by atoms with E-state index in [9.17, 15) is 52.8 Å². The number of carbonyl (C=O) groups excluding carboxylic acids is 3. The second-order valence-corrected chi connectivity index (χ2v) is 38.0. The zero-order chi connectivity index (χ0) is 82.9. The number of rotatable bonds is 16. The first-order valence-electron chi connectivity index (χ1n) is 40.2. The van der Waals surface area contributed by atoms with Crippen LogP contribution in [-0.2, 0) is 70.3 Å². The van der Waals surface area contributed by atoms with Crippen LogP contribution in [0.1, 0.15) is 130 Å². The first kappa shape index (κ1) is 82.8. The Morgan fingerprint density at radius 2 is 0.697 bits per heavy atom. The number of amides is 3. The molecule has 0 radical (unpaired) electrons. The molecular formula is C89H92Cl2F3N9O13S3. The topological polar surface area (TPSA) is 220 Å². The molecule has 9 aromatic rings. The van der Waals surface area contributed by atoms with Gasteiger partial charge in [0, 0.05) is 125 Å². The smallest absolute Gasteiger partial charge is 0.416 e. The third-order valence-corrected chi connectivity index (χ3v) is 30.6. The van der Waals surface area contributed by atoms with Crippen LogP contribution in [0.3, 0.4) is 0 Å². The maximum absolute atomic E-state index is 13.2. The number of methoxy groups -OCH3 is 1. The summed E-state index contributed by atoms with van der Waals surface area (Å²) in [5.74, 6) is 1.92. The molecule has 3 aliphatic carbocycles. The van der Waals surface area contributed by atoms with Crippen molar-refractivity contribution in [2.24, 2.45) is 0 Å². The van der Waals surface area contributed by atoms with E-state index in [1.54, 1.807) is 35.7 Å². The van der Waals surface area contributed by atoms with E-state index < -0.39 is 41.8 Å². The van der Waals surface area contributed by atoms with Crippen molar-refractivity contribution < 1.29 is 71.8 Å². The molecule has 6 fully saturated rings. The van der Waals surface area contributed by atoms with Gasteiger partial charge in [0.1, 0.15) is 25.6 Å². The minimum Gasteiger partial charge on any atom is -0.497 e. The number of likely N-dealkylation sites (tertiary alicyclic amines) is 3. The number of sulfonamides is 3. The molecule has 9 aliphatic rings. The molecular weight excluding hydrogens is 1630 g/mol. The molecule has 0 saturated carbocycles. The summed E-state index contributed by atoms with van der Waals surface area (Å²) in [6.07, 6.45) is -0.0802. The van der Waals surface area contributed by atoms with Gasteiger partial charge in [-0.15, -0.1) is 0 Å². The number of piperidine rings is 3. The molecule has 22 nitrogen and oxygen atoms in total. The highest BCUT2D eigenvalue weighted by molar-refractivity contribution is 7.89. The average molecular weight is 1720 g/mol. The molecule has 0 N–H and O–H groups in total. The summed E-state index contributed by atoms with van der Waals surface area (Å²) in [5, 5.41) is 0.585. The van der Waals surface area contributed by atoms with Crippen molar-refractivity contribution in [2.75, 3.05) is 120 Å².